The fourth-order valence-electron chi connectivity index (χ4n) is 4.05. The molecule has 28 heavy (non-hydrogen) atoms. The predicted octanol–water partition coefficient (Wildman–Crippen LogP) is 6.66. The van der Waals surface area contributed by atoms with Gasteiger partial charge in [-0.1, -0.05) is 50.2 Å². The first-order valence-electron chi connectivity index (χ1n) is 10.2. The van der Waals surface area contributed by atoms with Crippen LogP contribution in [0.4, 0.5) is 0 Å². The number of benzene rings is 3. The molecule has 5 aromatic rings. The molecule has 0 aliphatic rings. The molecule has 5 rings (SSSR count). The molecular formula is C26H24NO+. The molecule has 138 valence electrons. The Hall–Kier alpha value is -3.13. The molecule has 0 saturated carbocycles. The standard InChI is InChI=1S/C26H24NO/c1-16(2)18-9-10-19-12-22-23-14-24(21-8-6-5-7-17(21)3)27(4)15-26(23)28-25(22)13-20(19)11-18/h5-16H,1-4H3/q+1/i16D. The van der Waals surface area contributed by atoms with Crippen molar-refractivity contribution in [2.75, 3.05) is 0 Å². The fourth-order valence-corrected chi connectivity index (χ4v) is 4.05. The van der Waals surface area contributed by atoms with Crippen molar-refractivity contribution in [1.82, 2.24) is 0 Å². The summed E-state index contributed by atoms with van der Waals surface area (Å²) in [6.07, 6.45) is 2.07. The van der Waals surface area contributed by atoms with Crippen LogP contribution in [0.2, 0.25) is 0 Å². The highest BCUT2D eigenvalue weighted by Crippen LogP contribution is 2.34. The lowest BCUT2D eigenvalue weighted by Gasteiger charge is -2.07. The third kappa shape index (κ3) is 2.60. The van der Waals surface area contributed by atoms with Crippen LogP contribution in [-0.4, -0.2) is 0 Å². The Morgan fingerprint density at radius 2 is 1.68 bits per heavy atom. The highest BCUT2D eigenvalue weighted by Gasteiger charge is 2.18. The van der Waals surface area contributed by atoms with Crippen LogP contribution >= 0.6 is 0 Å². The van der Waals surface area contributed by atoms with Crippen molar-refractivity contribution in [2.45, 2.75) is 26.7 Å². The molecule has 0 unspecified atom stereocenters. The maximum atomic E-state index is 8.32. The van der Waals surface area contributed by atoms with Crippen LogP contribution in [0, 0.1) is 6.92 Å². The van der Waals surface area contributed by atoms with Crippen LogP contribution in [0.25, 0.3) is 44.0 Å². The molecule has 2 heteroatoms. The summed E-state index contributed by atoms with van der Waals surface area (Å²) in [5.41, 5.74) is 6.43. The van der Waals surface area contributed by atoms with Gasteiger partial charge in [0.25, 0.3) is 0 Å². The van der Waals surface area contributed by atoms with Crippen LogP contribution in [-0.2, 0) is 7.05 Å². The molecule has 2 nitrogen and oxygen atoms in total. The first kappa shape index (κ1) is 15.9. The van der Waals surface area contributed by atoms with Gasteiger partial charge < -0.3 is 4.42 Å². The largest absolute Gasteiger partial charge is 0.450 e. The van der Waals surface area contributed by atoms with E-state index in [9.17, 15) is 0 Å². The summed E-state index contributed by atoms with van der Waals surface area (Å²) in [5.74, 6) is -0.618. The summed E-state index contributed by atoms with van der Waals surface area (Å²) in [5, 5.41) is 4.53. The normalized spacial score (nSPS) is 12.8. The van der Waals surface area contributed by atoms with Gasteiger partial charge in [-0.05, 0) is 52.9 Å². The molecule has 0 aliphatic carbocycles. The minimum atomic E-state index is -0.618. The Morgan fingerprint density at radius 3 is 2.46 bits per heavy atom. The van der Waals surface area contributed by atoms with Gasteiger partial charge in [0, 0.05) is 23.8 Å². The quantitative estimate of drug-likeness (QED) is 0.319. The van der Waals surface area contributed by atoms with Crippen molar-refractivity contribution < 1.29 is 10.4 Å². The van der Waals surface area contributed by atoms with E-state index >= 15 is 0 Å². The zero-order chi connectivity index (χ0) is 20.3. The Morgan fingerprint density at radius 1 is 0.893 bits per heavy atom. The minimum Gasteiger partial charge on any atom is -0.450 e. The molecule has 0 aliphatic heterocycles. The molecule has 0 radical (unpaired) electrons. The van der Waals surface area contributed by atoms with Crippen LogP contribution < -0.4 is 4.57 Å². The summed E-state index contributed by atoms with van der Waals surface area (Å²) in [4.78, 5) is 0. The van der Waals surface area contributed by atoms with Crippen molar-refractivity contribution in [3.05, 3.63) is 78.0 Å². The van der Waals surface area contributed by atoms with Crippen molar-refractivity contribution in [3.63, 3.8) is 0 Å². The van der Waals surface area contributed by atoms with Gasteiger partial charge in [-0.2, -0.15) is 4.57 Å². The van der Waals surface area contributed by atoms with Gasteiger partial charge in [0.05, 0.1) is 0 Å². The number of pyridine rings is 1. The average Bonchev–Trinajstić information content (AvgIpc) is 3.01. The zero-order valence-electron chi connectivity index (χ0n) is 17.7. The average molecular weight is 367 g/mol. The summed E-state index contributed by atoms with van der Waals surface area (Å²) >= 11 is 0. The summed E-state index contributed by atoms with van der Waals surface area (Å²) < 4.78 is 16.7. The van der Waals surface area contributed by atoms with E-state index in [-0.39, 0.29) is 0 Å². The summed E-state index contributed by atoms with van der Waals surface area (Å²) in [6.45, 7) is 5.98. The Labute approximate surface area is 166 Å². The molecule has 0 fully saturated rings. The number of aryl methyl sites for hydroxylation is 2. The lowest BCUT2D eigenvalue weighted by molar-refractivity contribution is -0.659. The van der Waals surface area contributed by atoms with Crippen LogP contribution in [0.1, 0.15) is 32.2 Å². The molecule has 2 heterocycles. The van der Waals surface area contributed by atoms with Crippen LogP contribution in [0.3, 0.4) is 0 Å². The minimum absolute atomic E-state index is 0.618. The topological polar surface area (TPSA) is 17.0 Å². The van der Waals surface area contributed by atoms with Gasteiger partial charge in [0.2, 0.25) is 11.9 Å². The Kier molecular flexibility index (Phi) is 3.52. The third-order valence-electron chi connectivity index (χ3n) is 5.68. The Bertz CT molecular complexity index is 1410. The molecule has 0 saturated heterocycles. The van der Waals surface area contributed by atoms with Crippen molar-refractivity contribution in [2.24, 2.45) is 7.05 Å². The number of fused-ring (bicyclic) bond motifs is 4. The van der Waals surface area contributed by atoms with E-state index < -0.39 is 5.89 Å². The fraction of sp³-hybridized carbons (Fsp3) is 0.192. The maximum Gasteiger partial charge on any atom is 0.213 e. The van der Waals surface area contributed by atoms with Gasteiger partial charge in [-0.15, -0.1) is 0 Å². The summed E-state index contributed by atoms with van der Waals surface area (Å²) in [6, 6.07) is 21.3. The second-order valence-electron chi connectivity index (χ2n) is 7.87. The number of hydrogen-bond acceptors (Lipinski definition) is 1. The number of hydrogen-bond donors (Lipinski definition) is 0. The van der Waals surface area contributed by atoms with Crippen molar-refractivity contribution in [3.8, 4) is 11.3 Å². The predicted molar refractivity (Wildman–Crippen MR) is 117 cm³/mol. The first-order chi connectivity index (χ1) is 13.8. The van der Waals surface area contributed by atoms with Crippen molar-refractivity contribution >= 4 is 32.7 Å². The smallest absolute Gasteiger partial charge is 0.213 e. The second kappa shape index (κ2) is 6.20. The molecule has 0 atom stereocenters. The number of rotatable bonds is 2. The molecular weight excluding hydrogens is 342 g/mol. The lowest BCUT2D eigenvalue weighted by atomic mass is 9.98. The zero-order valence-corrected chi connectivity index (χ0v) is 16.7. The Balaban J connectivity index is 1.78. The van der Waals surface area contributed by atoms with Gasteiger partial charge in [0.1, 0.15) is 12.6 Å². The van der Waals surface area contributed by atoms with Gasteiger partial charge in [-0.25, -0.2) is 0 Å². The molecule has 0 bridgehead atoms. The highest BCUT2D eigenvalue weighted by atomic mass is 16.3. The van der Waals surface area contributed by atoms with E-state index in [2.05, 4.69) is 85.4 Å². The molecule has 3 aromatic carbocycles. The van der Waals surface area contributed by atoms with Gasteiger partial charge in [-0.3, -0.25) is 0 Å². The first-order valence-corrected chi connectivity index (χ1v) is 9.67. The number of nitrogens with zero attached hydrogens (tertiary/aromatic N) is 1. The monoisotopic (exact) mass is 367 g/mol. The molecule has 0 spiro atoms. The van der Waals surface area contributed by atoms with Gasteiger partial charge >= 0.3 is 0 Å². The van der Waals surface area contributed by atoms with E-state index in [1.807, 2.05) is 13.8 Å². The highest BCUT2D eigenvalue weighted by molar-refractivity contribution is 6.10. The van der Waals surface area contributed by atoms with E-state index in [1.165, 1.54) is 22.2 Å². The maximum absolute atomic E-state index is 8.32. The van der Waals surface area contributed by atoms with E-state index in [0.29, 0.717) is 0 Å². The lowest BCUT2D eigenvalue weighted by Crippen LogP contribution is -2.30. The summed E-state index contributed by atoms with van der Waals surface area (Å²) in [7, 11) is 2.06. The second-order valence-corrected chi connectivity index (χ2v) is 7.87. The van der Waals surface area contributed by atoms with Crippen LogP contribution in [0.15, 0.2) is 71.3 Å². The SMILES string of the molecule is [2H]C(C)(C)c1ccc2cc3c(cc2c1)oc1c[n+](C)c(-c2ccccc2C)cc13. The van der Waals surface area contributed by atoms with Gasteiger partial charge in [0.15, 0.2) is 5.58 Å². The molecule has 0 N–H and O–H groups in total. The molecule has 2 aromatic heterocycles. The third-order valence-corrected chi connectivity index (χ3v) is 5.68. The molecule has 0 amide bonds. The van der Waals surface area contributed by atoms with E-state index in [0.717, 1.165) is 32.9 Å². The van der Waals surface area contributed by atoms with E-state index in [1.54, 1.807) is 0 Å². The number of aromatic nitrogens is 1. The van der Waals surface area contributed by atoms with E-state index in [4.69, 9.17) is 5.79 Å². The van der Waals surface area contributed by atoms with Crippen LogP contribution in [0.5, 0.6) is 0 Å². The van der Waals surface area contributed by atoms with Crippen molar-refractivity contribution in [1.29, 1.82) is 0 Å². The number of furan rings is 1.